The lowest BCUT2D eigenvalue weighted by atomic mass is 10.1. The fourth-order valence-corrected chi connectivity index (χ4v) is 5.08. The summed E-state index contributed by atoms with van der Waals surface area (Å²) in [5.74, 6) is 0.733. The number of thioether (sulfide) groups is 1. The summed E-state index contributed by atoms with van der Waals surface area (Å²) in [6.45, 7) is 0. The summed E-state index contributed by atoms with van der Waals surface area (Å²) in [7, 11) is -0.434. The highest BCUT2D eigenvalue weighted by Gasteiger charge is 2.18. The molecule has 0 unspecified atom stereocenters. The van der Waals surface area contributed by atoms with Crippen molar-refractivity contribution in [2.45, 2.75) is 41.6 Å². The van der Waals surface area contributed by atoms with Crippen molar-refractivity contribution in [2.24, 2.45) is 0 Å². The Kier molecular flexibility index (Phi) is 7.23. The molecule has 0 aliphatic rings. The van der Waals surface area contributed by atoms with Crippen LogP contribution in [0.1, 0.15) is 23.7 Å². The van der Waals surface area contributed by atoms with Crippen LogP contribution in [0.3, 0.4) is 0 Å². The van der Waals surface area contributed by atoms with Gasteiger partial charge in [0.25, 0.3) is 0 Å². The third-order valence-corrected chi connectivity index (χ3v) is 8.06. The Morgan fingerprint density at radius 3 is 2.52 bits per heavy atom. The normalized spacial score (nSPS) is 13.3. The fourth-order valence-electron chi connectivity index (χ4n) is 2.74. The number of aromatic nitrogens is 3. The van der Waals surface area contributed by atoms with E-state index in [0.717, 1.165) is 25.9 Å². The average molecular weight is 453 g/mol. The van der Waals surface area contributed by atoms with Crippen LogP contribution in [-0.4, -0.2) is 59.2 Å². The van der Waals surface area contributed by atoms with Gasteiger partial charge in [0, 0.05) is 44.2 Å². The molecule has 1 aromatic carbocycles. The number of thiazole rings is 1. The molecule has 3 rings (SSSR count). The lowest BCUT2D eigenvalue weighted by Crippen LogP contribution is -2.22. The molecule has 0 aliphatic carbocycles. The number of nitrogens with zero attached hydrogens (tertiary/aromatic N) is 4. The van der Waals surface area contributed by atoms with Gasteiger partial charge in [-0.3, -0.25) is 0 Å². The summed E-state index contributed by atoms with van der Waals surface area (Å²) in [5, 5.41) is 11.2. The smallest absolute Gasteiger partial charge is 0.242 e. The third kappa shape index (κ3) is 5.52. The average Bonchev–Trinajstić information content (AvgIpc) is 3.13. The number of hydrogen-bond acceptors (Lipinski definition) is 8. The fraction of sp³-hybridized carbons (Fsp3) is 0.421. The first kappa shape index (κ1) is 22.1. The summed E-state index contributed by atoms with van der Waals surface area (Å²) in [6.07, 6.45) is 7.56. The lowest BCUT2D eigenvalue weighted by Gasteiger charge is -2.10. The van der Waals surface area contributed by atoms with E-state index < -0.39 is 16.1 Å². The minimum absolute atomic E-state index is 0.262. The number of sulfonamides is 1. The molecule has 0 radical (unpaired) electrons. The van der Waals surface area contributed by atoms with Gasteiger partial charge in [0.15, 0.2) is 0 Å². The zero-order valence-corrected chi connectivity index (χ0v) is 19.0. The van der Waals surface area contributed by atoms with Crippen molar-refractivity contribution in [3.63, 3.8) is 0 Å². The van der Waals surface area contributed by atoms with Gasteiger partial charge in [-0.2, -0.15) is 0 Å². The highest BCUT2D eigenvalue weighted by atomic mass is 32.2. The van der Waals surface area contributed by atoms with E-state index in [0.29, 0.717) is 25.7 Å². The Hall–Kier alpha value is -1.59. The van der Waals surface area contributed by atoms with Crippen LogP contribution in [0.15, 0.2) is 40.4 Å². The zero-order valence-electron chi connectivity index (χ0n) is 16.6. The molecule has 0 saturated carbocycles. The van der Waals surface area contributed by atoms with Crippen molar-refractivity contribution < 1.29 is 13.5 Å². The molecule has 0 fully saturated rings. The summed E-state index contributed by atoms with van der Waals surface area (Å²) in [6, 6.07) is 4.98. The summed E-state index contributed by atoms with van der Waals surface area (Å²) in [4.78, 5) is 14.5. The van der Waals surface area contributed by atoms with E-state index in [4.69, 9.17) is 0 Å². The molecule has 156 valence electrons. The highest BCUT2D eigenvalue weighted by molar-refractivity contribution is 7.98. The molecule has 7 nitrogen and oxygen atoms in total. The van der Waals surface area contributed by atoms with Crippen LogP contribution in [0, 0.1) is 0 Å². The van der Waals surface area contributed by atoms with E-state index in [9.17, 15) is 13.5 Å². The van der Waals surface area contributed by atoms with Gasteiger partial charge in [0.05, 0.1) is 26.2 Å². The van der Waals surface area contributed by atoms with Gasteiger partial charge < -0.3 is 5.11 Å². The van der Waals surface area contributed by atoms with E-state index in [1.165, 1.54) is 29.7 Å². The van der Waals surface area contributed by atoms with Crippen molar-refractivity contribution >= 4 is 43.3 Å². The molecule has 2 aromatic heterocycles. The molecule has 3 aromatic rings. The van der Waals surface area contributed by atoms with Crippen LogP contribution in [0.2, 0.25) is 0 Å². The Morgan fingerprint density at radius 1 is 1.17 bits per heavy atom. The van der Waals surface area contributed by atoms with Gasteiger partial charge in [-0.25, -0.2) is 27.7 Å². The van der Waals surface area contributed by atoms with Crippen LogP contribution in [-0.2, 0) is 22.9 Å². The molecule has 10 heteroatoms. The van der Waals surface area contributed by atoms with Crippen molar-refractivity contribution in [3.8, 4) is 0 Å². The molecular formula is C19H24N4O3S3. The first-order chi connectivity index (χ1) is 13.8. The Balaban J connectivity index is 1.58. The number of aryl methyl sites for hydroxylation is 2. The van der Waals surface area contributed by atoms with E-state index in [1.807, 2.05) is 6.26 Å². The second-order valence-corrected chi connectivity index (χ2v) is 10.9. The van der Waals surface area contributed by atoms with Crippen molar-refractivity contribution in [2.75, 3.05) is 20.4 Å². The molecule has 2 heterocycles. The van der Waals surface area contributed by atoms with Gasteiger partial charge in [-0.15, -0.1) is 23.1 Å². The molecule has 1 N–H and O–H groups in total. The van der Waals surface area contributed by atoms with E-state index >= 15 is 0 Å². The molecular weight excluding hydrogens is 428 g/mol. The van der Waals surface area contributed by atoms with Gasteiger partial charge >= 0.3 is 0 Å². The first-order valence-corrected chi connectivity index (χ1v) is 12.6. The second kappa shape index (κ2) is 9.48. The van der Waals surface area contributed by atoms with E-state index in [-0.39, 0.29) is 4.90 Å². The van der Waals surface area contributed by atoms with Crippen LogP contribution < -0.4 is 0 Å². The summed E-state index contributed by atoms with van der Waals surface area (Å²) in [5.41, 5.74) is 0.777. The first-order valence-electron chi connectivity index (χ1n) is 9.14. The third-order valence-electron chi connectivity index (χ3n) is 4.49. The predicted octanol–water partition coefficient (Wildman–Crippen LogP) is 2.98. The predicted molar refractivity (Wildman–Crippen MR) is 117 cm³/mol. The lowest BCUT2D eigenvalue weighted by molar-refractivity contribution is 0.154. The molecule has 0 spiro atoms. The van der Waals surface area contributed by atoms with Crippen molar-refractivity contribution in [1.82, 2.24) is 19.3 Å². The van der Waals surface area contributed by atoms with Gasteiger partial charge in [0.1, 0.15) is 5.82 Å². The van der Waals surface area contributed by atoms with Gasteiger partial charge in [-0.05, 0) is 37.3 Å². The largest absolute Gasteiger partial charge is 0.393 e. The van der Waals surface area contributed by atoms with Gasteiger partial charge in [0.2, 0.25) is 10.0 Å². The quantitative estimate of drug-likeness (QED) is 0.499. The molecule has 0 bridgehead atoms. The van der Waals surface area contributed by atoms with Gasteiger partial charge in [-0.1, -0.05) is 0 Å². The second-order valence-electron chi connectivity index (χ2n) is 6.79. The maximum Gasteiger partial charge on any atom is 0.242 e. The number of aliphatic hydroxyl groups excluding tert-OH is 1. The minimum atomic E-state index is -3.46. The molecule has 29 heavy (non-hydrogen) atoms. The Labute approximate surface area is 179 Å². The van der Waals surface area contributed by atoms with Crippen molar-refractivity contribution in [3.05, 3.63) is 41.4 Å². The number of rotatable bonds is 9. The standard InChI is InChI=1S/C19H24N4O3S3/c1-23(2)29(25,26)15-6-7-16-17(10-15)28-19(22-16)9-5-13(24)4-8-18-20-11-14(27-3)12-21-18/h6-7,10-13,24H,4-5,8-9H2,1-3H3/t13-/m1/s1. The molecule has 0 saturated heterocycles. The Morgan fingerprint density at radius 2 is 1.86 bits per heavy atom. The SMILES string of the molecule is CSc1cnc(CC[C@@H](O)CCc2nc3ccc(S(=O)(=O)N(C)C)cc3s2)nc1. The van der Waals surface area contributed by atoms with Crippen LogP contribution in [0.25, 0.3) is 10.2 Å². The monoisotopic (exact) mass is 452 g/mol. The van der Waals surface area contributed by atoms with Crippen molar-refractivity contribution in [1.29, 1.82) is 0 Å². The zero-order chi connectivity index (χ0) is 21.0. The van der Waals surface area contributed by atoms with E-state index in [2.05, 4.69) is 15.0 Å². The topological polar surface area (TPSA) is 96.3 Å². The number of benzene rings is 1. The van der Waals surface area contributed by atoms with Crippen LogP contribution in [0.4, 0.5) is 0 Å². The summed E-state index contributed by atoms with van der Waals surface area (Å²) >= 11 is 3.06. The van der Waals surface area contributed by atoms with Crippen LogP contribution in [0.5, 0.6) is 0 Å². The molecule has 0 aliphatic heterocycles. The molecule has 1 atom stereocenters. The Bertz CT molecular complexity index is 1070. The number of hydrogen-bond donors (Lipinski definition) is 1. The van der Waals surface area contributed by atoms with E-state index in [1.54, 1.807) is 42.4 Å². The maximum absolute atomic E-state index is 12.3. The minimum Gasteiger partial charge on any atom is -0.393 e. The maximum atomic E-state index is 12.3. The number of aliphatic hydroxyl groups is 1. The number of fused-ring (bicyclic) bond motifs is 1. The highest BCUT2D eigenvalue weighted by Crippen LogP contribution is 2.27. The summed E-state index contributed by atoms with van der Waals surface area (Å²) < 4.78 is 26.6. The molecule has 0 amide bonds. The van der Waals surface area contributed by atoms with Crippen LogP contribution >= 0.6 is 23.1 Å².